The number of hydrogen-bond donors (Lipinski definition) is 4. The second kappa shape index (κ2) is 5.13. The van der Waals surface area contributed by atoms with Gasteiger partial charge in [-0.2, -0.15) is 0 Å². The minimum atomic E-state index is -2.75. The fourth-order valence-corrected chi connectivity index (χ4v) is 1.49. The number of aliphatic hydroxyl groups excluding tert-OH is 3. The average molecular weight is 285 g/mol. The van der Waals surface area contributed by atoms with Gasteiger partial charge in [0.05, 0.1) is 6.10 Å². The zero-order chi connectivity index (χ0) is 12.4. The quantitative estimate of drug-likeness (QED) is 0.355. The highest BCUT2D eigenvalue weighted by molar-refractivity contribution is 9.18. The second-order valence-corrected chi connectivity index (χ2v) is 3.99. The van der Waals surface area contributed by atoms with Crippen LogP contribution in [0.4, 0.5) is 0 Å². The van der Waals surface area contributed by atoms with Crippen molar-refractivity contribution in [2.24, 2.45) is 0 Å². The van der Waals surface area contributed by atoms with Crippen LogP contribution in [0.1, 0.15) is 13.8 Å². The van der Waals surface area contributed by atoms with E-state index < -0.39 is 34.4 Å². The number of rotatable bonds is 5. The lowest BCUT2D eigenvalue weighted by molar-refractivity contribution is -0.171. The van der Waals surface area contributed by atoms with Gasteiger partial charge in [0.15, 0.2) is 5.78 Å². The Balaban J connectivity index is 5.12. The van der Waals surface area contributed by atoms with Gasteiger partial charge < -0.3 is 20.4 Å². The normalized spacial score (nSPS) is 21.3. The van der Waals surface area contributed by atoms with Crippen LogP contribution in [0.25, 0.3) is 0 Å². The zero-order valence-corrected chi connectivity index (χ0v) is 9.80. The minimum Gasteiger partial charge on any atom is -0.391 e. The van der Waals surface area contributed by atoms with E-state index in [-0.39, 0.29) is 0 Å². The monoisotopic (exact) mass is 284 g/mol. The largest absolute Gasteiger partial charge is 0.391 e. The van der Waals surface area contributed by atoms with Gasteiger partial charge in [-0.25, -0.2) is 0 Å². The Morgan fingerprint density at radius 3 is 1.87 bits per heavy atom. The van der Waals surface area contributed by atoms with Crippen molar-refractivity contribution in [1.29, 1.82) is 0 Å². The SMILES string of the molecule is CC(=O)[C@@](O)(C(=O)Br)[C@H](O)[C@H](O)[C@H](C)O. The van der Waals surface area contributed by atoms with E-state index >= 15 is 0 Å². The van der Waals surface area contributed by atoms with Gasteiger partial charge in [0.25, 0.3) is 0 Å². The molecule has 0 unspecified atom stereocenters. The molecule has 0 aliphatic carbocycles. The van der Waals surface area contributed by atoms with Gasteiger partial charge in [-0.15, -0.1) is 0 Å². The van der Waals surface area contributed by atoms with Crippen LogP contribution >= 0.6 is 15.9 Å². The molecule has 0 rings (SSSR count). The average Bonchev–Trinajstić information content (AvgIpc) is 2.13. The predicted octanol–water partition coefficient (Wildman–Crippen LogP) is -1.67. The highest BCUT2D eigenvalue weighted by atomic mass is 79.9. The second-order valence-electron chi connectivity index (χ2n) is 3.27. The summed E-state index contributed by atoms with van der Waals surface area (Å²) >= 11 is 2.35. The first-order valence-electron chi connectivity index (χ1n) is 4.13. The highest BCUT2D eigenvalue weighted by Crippen LogP contribution is 2.21. The topological polar surface area (TPSA) is 115 Å². The summed E-state index contributed by atoms with van der Waals surface area (Å²) in [4.78, 5) is 22.0. The summed E-state index contributed by atoms with van der Waals surface area (Å²) in [5, 5.41) is 37.2. The van der Waals surface area contributed by atoms with E-state index in [1.165, 1.54) is 0 Å². The van der Waals surface area contributed by atoms with Gasteiger partial charge in [-0.1, -0.05) is 0 Å². The number of carbonyl (C=O) groups is 2. The summed E-state index contributed by atoms with van der Waals surface area (Å²) in [6.07, 6.45) is -5.29. The van der Waals surface area contributed by atoms with Crippen LogP contribution in [0, 0.1) is 0 Å². The van der Waals surface area contributed by atoms with E-state index in [4.69, 9.17) is 5.11 Å². The molecule has 0 aromatic carbocycles. The molecule has 0 spiro atoms. The van der Waals surface area contributed by atoms with Crippen LogP contribution in [0.5, 0.6) is 0 Å². The molecule has 4 N–H and O–H groups in total. The Bertz CT molecular complexity index is 250. The molecule has 88 valence electrons. The maximum absolute atomic E-state index is 11.0. The van der Waals surface area contributed by atoms with Gasteiger partial charge >= 0.3 is 0 Å². The summed E-state index contributed by atoms with van der Waals surface area (Å²) < 4.78 is -1.17. The first-order valence-corrected chi connectivity index (χ1v) is 4.92. The highest BCUT2D eigenvalue weighted by Gasteiger charge is 2.50. The molecule has 0 heterocycles. The van der Waals surface area contributed by atoms with Crippen LogP contribution in [-0.2, 0) is 9.59 Å². The molecule has 0 aromatic rings. The molecule has 6 nitrogen and oxygen atoms in total. The van der Waals surface area contributed by atoms with Gasteiger partial charge in [0.2, 0.25) is 10.3 Å². The van der Waals surface area contributed by atoms with Crippen molar-refractivity contribution in [3.05, 3.63) is 0 Å². The van der Waals surface area contributed by atoms with Crippen LogP contribution in [0.3, 0.4) is 0 Å². The van der Waals surface area contributed by atoms with E-state index in [0.717, 1.165) is 13.8 Å². The molecule has 0 saturated heterocycles. The van der Waals surface area contributed by atoms with Crippen LogP contribution < -0.4 is 0 Å². The minimum absolute atomic E-state index is 0.886. The molecular weight excluding hydrogens is 272 g/mol. The zero-order valence-electron chi connectivity index (χ0n) is 8.22. The van der Waals surface area contributed by atoms with E-state index in [2.05, 4.69) is 15.9 Å². The Labute approximate surface area is 94.7 Å². The Morgan fingerprint density at radius 1 is 1.27 bits per heavy atom. The third-order valence-electron chi connectivity index (χ3n) is 2.08. The first-order chi connectivity index (χ1) is 6.65. The van der Waals surface area contributed by atoms with E-state index in [1.54, 1.807) is 0 Å². The molecule has 7 heteroatoms. The molecule has 0 radical (unpaired) electrons. The standard InChI is InChI=1S/C8H13BrO6/c1-3(10)5(12)6(13)8(15,4(2)11)7(9)14/h3,5-6,10,12-13,15H,1-2H3/t3-,5+,6+,8-/m0/s1. The van der Waals surface area contributed by atoms with E-state index in [0.29, 0.717) is 0 Å². The number of aliphatic hydroxyl groups is 4. The van der Waals surface area contributed by atoms with Crippen molar-refractivity contribution in [1.82, 2.24) is 0 Å². The molecule has 15 heavy (non-hydrogen) atoms. The maximum atomic E-state index is 11.0. The van der Waals surface area contributed by atoms with Crippen molar-refractivity contribution in [2.75, 3.05) is 0 Å². The third-order valence-corrected chi connectivity index (χ3v) is 2.69. The maximum Gasteiger partial charge on any atom is 0.239 e. The lowest BCUT2D eigenvalue weighted by Gasteiger charge is -2.31. The lowest BCUT2D eigenvalue weighted by Crippen LogP contribution is -2.59. The molecular formula is C8H13BrO6. The lowest BCUT2D eigenvalue weighted by atomic mass is 9.88. The van der Waals surface area contributed by atoms with Crippen LogP contribution in [-0.4, -0.2) is 54.8 Å². The smallest absolute Gasteiger partial charge is 0.239 e. The third kappa shape index (κ3) is 2.82. The summed E-state index contributed by atoms with van der Waals surface area (Å²) in [6, 6.07) is 0. The van der Waals surface area contributed by atoms with Crippen molar-refractivity contribution in [3.63, 3.8) is 0 Å². The number of carbonyl (C=O) groups excluding carboxylic acids is 2. The molecule has 0 aliphatic rings. The van der Waals surface area contributed by atoms with Gasteiger partial charge in [0.1, 0.15) is 12.2 Å². The molecule has 0 aliphatic heterocycles. The molecule has 0 bridgehead atoms. The van der Waals surface area contributed by atoms with Gasteiger partial charge in [-0.3, -0.25) is 9.59 Å². The first kappa shape index (κ1) is 14.7. The van der Waals surface area contributed by atoms with Crippen molar-refractivity contribution >= 4 is 26.4 Å². The number of ketones is 1. The summed E-state index contributed by atoms with van der Waals surface area (Å²) in [6.45, 7) is 2.03. The van der Waals surface area contributed by atoms with E-state index in [9.17, 15) is 24.9 Å². The molecule has 0 fully saturated rings. The Kier molecular flexibility index (Phi) is 5.01. The van der Waals surface area contributed by atoms with E-state index in [1.807, 2.05) is 0 Å². The fourth-order valence-electron chi connectivity index (χ4n) is 0.974. The van der Waals surface area contributed by atoms with Gasteiger partial charge in [-0.05, 0) is 29.8 Å². The molecule has 0 aromatic heterocycles. The fraction of sp³-hybridized carbons (Fsp3) is 0.750. The van der Waals surface area contributed by atoms with Crippen molar-refractivity contribution in [2.45, 2.75) is 37.8 Å². The number of Topliss-reactive ketones (excluding diaryl/α,β-unsaturated/α-hetero) is 1. The van der Waals surface area contributed by atoms with Crippen LogP contribution in [0.15, 0.2) is 0 Å². The summed E-state index contributed by atoms with van der Waals surface area (Å²) in [7, 11) is 0. The Morgan fingerprint density at radius 2 is 1.67 bits per heavy atom. The van der Waals surface area contributed by atoms with Gasteiger partial charge in [0, 0.05) is 0 Å². The molecule has 4 atom stereocenters. The number of hydrogen-bond acceptors (Lipinski definition) is 6. The predicted molar refractivity (Wildman–Crippen MR) is 53.3 cm³/mol. The number of halogens is 1. The molecule has 0 saturated carbocycles. The molecule has 0 amide bonds. The summed E-state index contributed by atoms with van der Waals surface area (Å²) in [5.74, 6) is -1.03. The van der Waals surface area contributed by atoms with Crippen molar-refractivity contribution < 1.29 is 30.0 Å². The summed E-state index contributed by atoms with van der Waals surface area (Å²) in [5.41, 5.74) is -2.75. The Hall–Kier alpha value is -0.340. The van der Waals surface area contributed by atoms with Crippen LogP contribution in [0.2, 0.25) is 0 Å². The van der Waals surface area contributed by atoms with Crippen molar-refractivity contribution in [3.8, 4) is 0 Å².